The van der Waals surface area contributed by atoms with Crippen molar-refractivity contribution in [2.24, 2.45) is 0 Å². The zero-order valence-electron chi connectivity index (χ0n) is 10.3. The highest BCUT2D eigenvalue weighted by Crippen LogP contribution is 2.09. The van der Waals surface area contributed by atoms with Crippen LogP contribution >= 0.6 is 0 Å². The van der Waals surface area contributed by atoms with E-state index in [2.05, 4.69) is 4.90 Å². The molecule has 100 valence electrons. The minimum absolute atomic E-state index is 0.0244. The van der Waals surface area contributed by atoms with Gasteiger partial charge in [0, 0.05) is 13.1 Å². The average molecular weight is 246 g/mol. The van der Waals surface area contributed by atoms with E-state index in [0.717, 1.165) is 18.2 Å². The van der Waals surface area contributed by atoms with Gasteiger partial charge in [-0.05, 0) is 32.9 Å². The second kappa shape index (κ2) is 7.47. The number of rotatable bonds is 6. The molecule has 0 aliphatic carbocycles. The second-order valence-electron chi connectivity index (χ2n) is 4.29. The minimum atomic E-state index is -1.13. The summed E-state index contributed by atoms with van der Waals surface area (Å²) in [6.45, 7) is 4.53. The zero-order chi connectivity index (χ0) is 12.7. The van der Waals surface area contributed by atoms with Crippen molar-refractivity contribution in [3.63, 3.8) is 0 Å². The molecule has 0 bridgehead atoms. The summed E-state index contributed by atoms with van der Waals surface area (Å²) in [7, 11) is 0. The lowest BCUT2D eigenvalue weighted by Gasteiger charge is -2.28. The maximum atomic E-state index is 10.6. The minimum Gasteiger partial charge on any atom is -0.463 e. The fourth-order valence-corrected chi connectivity index (χ4v) is 1.95. The molecule has 1 atom stereocenters. The van der Waals surface area contributed by atoms with Crippen molar-refractivity contribution < 1.29 is 19.8 Å². The number of likely N-dealkylation sites (tertiary alicyclic amines) is 1. The Morgan fingerprint density at radius 2 is 2.06 bits per heavy atom. The molecular weight excluding hydrogens is 224 g/mol. The van der Waals surface area contributed by atoms with E-state index in [1.807, 2.05) is 0 Å². The first-order chi connectivity index (χ1) is 8.13. The third kappa shape index (κ3) is 5.34. The van der Waals surface area contributed by atoms with Gasteiger partial charge in [-0.1, -0.05) is 6.42 Å². The molecule has 0 radical (unpaired) electrons. The Morgan fingerprint density at radius 1 is 1.41 bits per heavy atom. The molecule has 0 aromatic rings. The van der Waals surface area contributed by atoms with Crippen LogP contribution in [0.3, 0.4) is 0 Å². The smallest absolute Gasteiger partial charge is 0.431 e. The summed E-state index contributed by atoms with van der Waals surface area (Å²) in [4.78, 5) is 17.8. The van der Waals surface area contributed by atoms with Gasteiger partial charge in [0.15, 0.2) is 0 Å². The summed E-state index contributed by atoms with van der Waals surface area (Å²) in [5.41, 5.74) is 0. The predicted molar refractivity (Wildman–Crippen MR) is 62.7 cm³/mol. The van der Waals surface area contributed by atoms with Gasteiger partial charge in [0.2, 0.25) is 0 Å². The van der Waals surface area contributed by atoms with Crippen molar-refractivity contribution >= 4 is 6.09 Å². The van der Waals surface area contributed by atoms with Gasteiger partial charge in [-0.25, -0.2) is 4.79 Å². The lowest BCUT2D eigenvalue weighted by atomic mass is 10.1. The van der Waals surface area contributed by atoms with Crippen molar-refractivity contribution in [2.45, 2.75) is 32.3 Å². The van der Waals surface area contributed by atoms with Gasteiger partial charge in [-0.15, -0.1) is 0 Å². The number of carboxylic acid groups (broad SMARTS) is 1. The Balaban J connectivity index is 2.19. The van der Waals surface area contributed by atoms with E-state index in [-0.39, 0.29) is 13.2 Å². The van der Waals surface area contributed by atoms with Crippen molar-refractivity contribution in [3.05, 3.63) is 0 Å². The third-order valence-electron chi connectivity index (χ3n) is 2.84. The Hall–Kier alpha value is -0.850. The molecular formula is C11H22N2O4. The fourth-order valence-electron chi connectivity index (χ4n) is 1.95. The molecule has 1 heterocycles. The molecule has 2 N–H and O–H groups in total. The van der Waals surface area contributed by atoms with Crippen molar-refractivity contribution in [2.75, 3.05) is 32.8 Å². The first kappa shape index (κ1) is 14.2. The molecule has 1 saturated heterocycles. The van der Waals surface area contributed by atoms with Crippen LogP contribution in [0.1, 0.15) is 26.2 Å². The number of hydroxylamine groups is 2. The van der Waals surface area contributed by atoms with Crippen LogP contribution in [0.5, 0.6) is 0 Å². The number of aliphatic hydroxyl groups excluding tert-OH is 1. The molecule has 1 aliphatic rings. The maximum Gasteiger partial charge on any atom is 0.431 e. The third-order valence-corrected chi connectivity index (χ3v) is 2.84. The molecule has 0 spiro atoms. The van der Waals surface area contributed by atoms with Crippen LogP contribution in [0.4, 0.5) is 4.79 Å². The Bertz CT molecular complexity index is 232. The SMILES string of the molecule is CCN(OCC(O)CN1CCCCC1)C(=O)O. The zero-order valence-corrected chi connectivity index (χ0v) is 10.3. The van der Waals surface area contributed by atoms with Gasteiger partial charge in [-0.3, -0.25) is 4.84 Å². The van der Waals surface area contributed by atoms with Crippen LogP contribution in [0.2, 0.25) is 0 Å². The molecule has 6 heteroatoms. The van der Waals surface area contributed by atoms with Crippen LogP contribution in [0.15, 0.2) is 0 Å². The largest absolute Gasteiger partial charge is 0.463 e. The van der Waals surface area contributed by atoms with E-state index >= 15 is 0 Å². The monoisotopic (exact) mass is 246 g/mol. The average Bonchev–Trinajstić information content (AvgIpc) is 2.30. The topological polar surface area (TPSA) is 73.2 Å². The molecule has 1 aliphatic heterocycles. The van der Waals surface area contributed by atoms with Crippen molar-refractivity contribution in [3.8, 4) is 0 Å². The van der Waals surface area contributed by atoms with E-state index in [0.29, 0.717) is 6.54 Å². The van der Waals surface area contributed by atoms with Crippen molar-refractivity contribution in [1.82, 2.24) is 9.96 Å². The van der Waals surface area contributed by atoms with Crippen molar-refractivity contribution in [1.29, 1.82) is 0 Å². The number of β-amino-alcohol motifs (C(OH)–C–C–N with tert-alkyl or cyclic N) is 1. The number of carbonyl (C=O) groups is 1. The molecule has 1 unspecified atom stereocenters. The van der Waals surface area contributed by atoms with Crippen LogP contribution in [-0.2, 0) is 4.84 Å². The molecule has 0 aromatic carbocycles. The molecule has 1 fully saturated rings. The highest BCUT2D eigenvalue weighted by molar-refractivity contribution is 5.63. The fraction of sp³-hybridized carbons (Fsp3) is 0.909. The number of amides is 1. The van der Waals surface area contributed by atoms with E-state index in [1.165, 1.54) is 19.3 Å². The highest BCUT2D eigenvalue weighted by Gasteiger charge is 2.17. The van der Waals surface area contributed by atoms with E-state index in [4.69, 9.17) is 9.94 Å². The Kier molecular flexibility index (Phi) is 6.25. The summed E-state index contributed by atoms with van der Waals surface area (Å²) in [6, 6.07) is 0. The van der Waals surface area contributed by atoms with Crippen LogP contribution in [0, 0.1) is 0 Å². The second-order valence-corrected chi connectivity index (χ2v) is 4.29. The van der Waals surface area contributed by atoms with Gasteiger partial charge < -0.3 is 15.1 Å². The van der Waals surface area contributed by atoms with Gasteiger partial charge in [0.1, 0.15) is 6.61 Å². The first-order valence-electron chi connectivity index (χ1n) is 6.17. The number of hydrogen-bond donors (Lipinski definition) is 2. The van der Waals surface area contributed by atoms with Gasteiger partial charge in [-0.2, -0.15) is 5.06 Å². The normalized spacial score (nSPS) is 18.9. The number of nitrogens with zero attached hydrogens (tertiary/aromatic N) is 2. The lowest BCUT2D eigenvalue weighted by Crippen LogP contribution is -2.40. The summed E-state index contributed by atoms with van der Waals surface area (Å²) in [5.74, 6) is 0. The summed E-state index contributed by atoms with van der Waals surface area (Å²) < 4.78 is 0. The maximum absolute atomic E-state index is 10.6. The van der Waals surface area contributed by atoms with Crippen LogP contribution in [0.25, 0.3) is 0 Å². The molecule has 1 rings (SSSR count). The van der Waals surface area contributed by atoms with E-state index in [9.17, 15) is 9.90 Å². The van der Waals surface area contributed by atoms with E-state index in [1.54, 1.807) is 6.92 Å². The quantitative estimate of drug-likeness (QED) is 0.677. The Morgan fingerprint density at radius 3 is 2.59 bits per heavy atom. The summed E-state index contributed by atoms with van der Waals surface area (Å²) >= 11 is 0. The van der Waals surface area contributed by atoms with Crippen LogP contribution in [-0.4, -0.2) is 65.2 Å². The molecule has 17 heavy (non-hydrogen) atoms. The molecule has 0 saturated carbocycles. The lowest BCUT2D eigenvalue weighted by molar-refractivity contribution is -0.152. The van der Waals surface area contributed by atoms with E-state index < -0.39 is 12.2 Å². The number of hydrogen-bond acceptors (Lipinski definition) is 4. The molecule has 6 nitrogen and oxygen atoms in total. The Labute approximate surface area is 102 Å². The standard InChI is InChI=1S/C11H22N2O4/c1-2-13(11(15)16)17-9-10(14)8-12-6-4-3-5-7-12/h10,14H,2-9H2,1H3,(H,15,16). The number of aliphatic hydroxyl groups is 1. The highest BCUT2D eigenvalue weighted by atomic mass is 16.7. The molecule has 1 amide bonds. The van der Waals surface area contributed by atoms with Gasteiger partial charge in [0.05, 0.1) is 6.10 Å². The summed E-state index contributed by atoms with van der Waals surface area (Å²) in [6.07, 6.45) is 1.83. The van der Waals surface area contributed by atoms with Gasteiger partial charge in [0.25, 0.3) is 0 Å². The number of piperidine rings is 1. The predicted octanol–water partition coefficient (Wildman–Crippen LogP) is 0.765. The summed E-state index contributed by atoms with van der Waals surface area (Å²) in [5, 5.41) is 19.3. The molecule has 0 aromatic heterocycles. The van der Waals surface area contributed by atoms with Crippen LogP contribution < -0.4 is 0 Å². The first-order valence-corrected chi connectivity index (χ1v) is 6.17. The van der Waals surface area contributed by atoms with Gasteiger partial charge >= 0.3 is 6.09 Å².